The Balaban J connectivity index is 1.81. The number of rotatable bonds is 2. The molecule has 4 heteroatoms. The van der Waals surface area contributed by atoms with Crippen molar-refractivity contribution in [2.45, 2.75) is 38.6 Å². The minimum absolute atomic E-state index is 0.204. The number of nitrogens with zero attached hydrogens (tertiary/aromatic N) is 2. The molecule has 0 unspecified atom stereocenters. The predicted molar refractivity (Wildman–Crippen MR) is 66.7 cm³/mol. The van der Waals surface area contributed by atoms with E-state index in [0.717, 1.165) is 32.5 Å². The lowest BCUT2D eigenvalue weighted by atomic mass is 9.94. The van der Waals surface area contributed by atoms with Crippen molar-refractivity contribution in [1.82, 2.24) is 9.80 Å². The minimum atomic E-state index is 0.204. The fourth-order valence-corrected chi connectivity index (χ4v) is 3.12. The Bertz CT molecular complexity index is 262. The van der Waals surface area contributed by atoms with Gasteiger partial charge in [-0.2, -0.15) is 0 Å². The number of carbonyl (C=O) groups excluding carboxylic acids is 1. The van der Waals surface area contributed by atoms with Gasteiger partial charge in [0.2, 0.25) is 5.91 Å². The van der Waals surface area contributed by atoms with E-state index in [1.54, 1.807) is 6.92 Å². The van der Waals surface area contributed by atoms with Crippen LogP contribution in [-0.2, 0) is 4.79 Å². The molecule has 17 heavy (non-hydrogen) atoms. The molecule has 2 saturated heterocycles. The van der Waals surface area contributed by atoms with Crippen molar-refractivity contribution in [3.63, 3.8) is 0 Å². The van der Waals surface area contributed by atoms with Gasteiger partial charge in [0.1, 0.15) is 0 Å². The van der Waals surface area contributed by atoms with Crippen molar-refractivity contribution in [3.05, 3.63) is 0 Å². The molecular weight excluding hydrogens is 216 g/mol. The molecule has 0 aromatic rings. The van der Waals surface area contributed by atoms with E-state index in [1.807, 2.05) is 4.90 Å². The molecule has 2 aliphatic heterocycles. The highest BCUT2D eigenvalue weighted by atomic mass is 16.3. The zero-order valence-electron chi connectivity index (χ0n) is 10.8. The van der Waals surface area contributed by atoms with Crippen LogP contribution in [0.4, 0.5) is 0 Å². The number of piperidine rings is 2. The van der Waals surface area contributed by atoms with Crippen LogP contribution in [0.25, 0.3) is 0 Å². The van der Waals surface area contributed by atoms with Gasteiger partial charge in [0, 0.05) is 39.2 Å². The summed E-state index contributed by atoms with van der Waals surface area (Å²) in [4.78, 5) is 15.7. The van der Waals surface area contributed by atoms with E-state index in [4.69, 9.17) is 0 Å². The van der Waals surface area contributed by atoms with Gasteiger partial charge in [-0.3, -0.25) is 9.69 Å². The third-order valence-electron chi connectivity index (χ3n) is 4.23. The van der Waals surface area contributed by atoms with E-state index >= 15 is 0 Å². The van der Waals surface area contributed by atoms with Crippen LogP contribution in [0.2, 0.25) is 0 Å². The van der Waals surface area contributed by atoms with Crippen molar-refractivity contribution in [2.75, 3.05) is 32.8 Å². The summed E-state index contributed by atoms with van der Waals surface area (Å²) in [6, 6.07) is 0.625. The summed E-state index contributed by atoms with van der Waals surface area (Å²) in [5.41, 5.74) is 0. The molecule has 2 aliphatic rings. The molecule has 2 fully saturated rings. The number of hydrogen-bond acceptors (Lipinski definition) is 3. The first kappa shape index (κ1) is 12.8. The van der Waals surface area contributed by atoms with Gasteiger partial charge in [-0.1, -0.05) is 0 Å². The third kappa shape index (κ3) is 3.19. The van der Waals surface area contributed by atoms with Gasteiger partial charge in [-0.25, -0.2) is 0 Å². The van der Waals surface area contributed by atoms with Gasteiger partial charge in [-0.15, -0.1) is 0 Å². The maximum Gasteiger partial charge on any atom is 0.219 e. The molecule has 0 bridgehead atoms. The molecule has 1 atom stereocenters. The fourth-order valence-electron chi connectivity index (χ4n) is 3.12. The lowest BCUT2D eigenvalue weighted by molar-refractivity contribution is -0.130. The Morgan fingerprint density at radius 1 is 1.24 bits per heavy atom. The average Bonchev–Trinajstić information content (AvgIpc) is 2.39. The lowest BCUT2D eigenvalue weighted by Crippen LogP contribution is -2.49. The Morgan fingerprint density at radius 2 is 1.94 bits per heavy atom. The van der Waals surface area contributed by atoms with Crippen LogP contribution in [0.5, 0.6) is 0 Å². The molecule has 2 rings (SSSR count). The van der Waals surface area contributed by atoms with Crippen LogP contribution in [0, 0.1) is 5.92 Å². The highest BCUT2D eigenvalue weighted by Crippen LogP contribution is 2.23. The summed E-state index contributed by atoms with van der Waals surface area (Å²) < 4.78 is 0. The van der Waals surface area contributed by atoms with Crippen molar-refractivity contribution < 1.29 is 9.90 Å². The van der Waals surface area contributed by atoms with E-state index in [-0.39, 0.29) is 5.91 Å². The van der Waals surface area contributed by atoms with Crippen LogP contribution >= 0.6 is 0 Å². The summed E-state index contributed by atoms with van der Waals surface area (Å²) >= 11 is 0. The van der Waals surface area contributed by atoms with Gasteiger partial charge in [0.05, 0.1) is 0 Å². The smallest absolute Gasteiger partial charge is 0.219 e. The topological polar surface area (TPSA) is 43.8 Å². The highest BCUT2D eigenvalue weighted by molar-refractivity contribution is 5.73. The zero-order valence-corrected chi connectivity index (χ0v) is 10.8. The molecule has 98 valence electrons. The van der Waals surface area contributed by atoms with E-state index in [0.29, 0.717) is 18.6 Å². The van der Waals surface area contributed by atoms with Crippen LogP contribution in [-0.4, -0.2) is 59.6 Å². The summed E-state index contributed by atoms with van der Waals surface area (Å²) in [5.74, 6) is 0.671. The lowest BCUT2D eigenvalue weighted by Gasteiger charge is -2.41. The van der Waals surface area contributed by atoms with Crippen LogP contribution in [0.15, 0.2) is 0 Å². The van der Waals surface area contributed by atoms with Crippen molar-refractivity contribution >= 4 is 5.91 Å². The molecule has 1 N–H and O–H groups in total. The fraction of sp³-hybridized carbons (Fsp3) is 0.923. The monoisotopic (exact) mass is 240 g/mol. The van der Waals surface area contributed by atoms with Gasteiger partial charge in [0.25, 0.3) is 0 Å². The van der Waals surface area contributed by atoms with Crippen LogP contribution in [0.3, 0.4) is 0 Å². The second-order valence-corrected chi connectivity index (χ2v) is 5.42. The van der Waals surface area contributed by atoms with Gasteiger partial charge in [0.15, 0.2) is 0 Å². The number of likely N-dealkylation sites (tertiary alicyclic amines) is 2. The van der Waals surface area contributed by atoms with Crippen LogP contribution in [0.1, 0.15) is 32.6 Å². The zero-order chi connectivity index (χ0) is 12.3. The first-order valence-electron chi connectivity index (χ1n) is 6.81. The number of aliphatic hydroxyl groups excluding tert-OH is 1. The Kier molecular flexibility index (Phi) is 4.40. The van der Waals surface area contributed by atoms with E-state index in [2.05, 4.69) is 4.90 Å². The summed E-state index contributed by atoms with van der Waals surface area (Å²) in [6.07, 6.45) is 4.56. The summed E-state index contributed by atoms with van der Waals surface area (Å²) in [6.45, 7) is 5.99. The maximum absolute atomic E-state index is 11.3. The first-order valence-corrected chi connectivity index (χ1v) is 6.81. The molecule has 4 nitrogen and oxygen atoms in total. The summed E-state index contributed by atoms with van der Waals surface area (Å²) in [7, 11) is 0. The van der Waals surface area contributed by atoms with Gasteiger partial charge < -0.3 is 10.0 Å². The van der Waals surface area contributed by atoms with E-state index in [1.165, 1.54) is 19.4 Å². The van der Waals surface area contributed by atoms with Crippen molar-refractivity contribution in [3.8, 4) is 0 Å². The quantitative estimate of drug-likeness (QED) is 0.773. The number of aliphatic hydroxyl groups is 1. The third-order valence-corrected chi connectivity index (χ3v) is 4.23. The predicted octanol–water partition coefficient (Wildman–Crippen LogP) is 0.702. The molecule has 0 aromatic heterocycles. The normalized spacial score (nSPS) is 28.4. The molecule has 0 spiro atoms. The second kappa shape index (κ2) is 5.83. The highest BCUT2D eigenvalue weighted by Gasteiger charge is 2.28. The van der Waals surface area contributed by atoms with Crippen molar-refractivity contribution in [2.24, 2.45) is 5.92 Å². The minimum Gasteiger partial charge on any atom is -0.396 e. The molecule has 0 aromatic carbocycles. The molecule has 0 radical (unpaired) electrons. The molecular formula is C13H24N2O2. The van der Waals surface area contributed by atoms with Crippen molar-refractivity contribution in [1.29, 1.82) is 0 Å². The van der Waals surface area contributed by atoms with E-state index < -0.39 is 0 Å². The number of hydrogen-bond donors (Lipinski definition) is 1. The molecule has 0 saturated carbocycles. The number of amides is 1. The van der Waals surface area contributed by atoms with Crippen LogP contribution < -0.4 is 0 Å². The van der Waals surface area contributed by atoms with E-state index in [9.17, 15) is 9.90 Å². The Morgan fingerprint density at radius 3 is 2.53 bits per heavy atom. The Labute approximate surface area is 104 Å². The molecule has 2 heterocycles. The Hall–Kier alpha value is -0.610. The average molecular weight is 240 g/mol. The largest absolute Gasteiger partial charge is 0.396 e. The molecule has 0 aliphatic carbocycles. The standard InChI is InChI=1S/C13H24N2O2/c1-11(17)14-7-4-13(5-8-14)15-6-2-3-12(9-15)10-16/h12-13,16H,2-10H2,1H3/t12-/m1/s1. The maximum atomic E-state index is 11.3. The second-order valence-electron chi connectivity index (χ2n) is 5.42. The molecule has 1 amide bonds. The first-order chi connectivity index (χ1) is 8.20. The summed E-state index contributed by atoms with van der Waals surface area (Å²) in [5, 5.41) is 9.24. The SMILES string of the molecule is CC(=O)N1CCC(N2CCC[C@@H](CO)C2)CC1. The van der Waals surface area contributed by atoms with Gasteiger partial charge >= 0.3 is 0 Å². The number of carbonyl (C=O) groups is 1. The van der Waals surface area contributed by atoms with Gasteiger partial charge in [-0.05, 0) is 38.1 Å².